The molecule has 5 heteroatoms. The molecule has 1 aliphatic rings. The van der Waals surface area contributed by atoms with E-state index in [1.807, 2.05) is 0 Å². The van der Waals surface area contributed by atoms with Gasteiger partial charge in [0.25, 0.3) is 0 Å². The molecule has 0 saturated carbocycles. The SMILES string of the molecule is CCNCc1ccc(N2CCC(C(N)=O)C2)cc1Br. The maximum atomic E-state index is 11.2. The van der Waals surface area contributed by atoms with Gasteiger partial charge < -0.3 is 16.0 Å². The van der Waals surface area contributed by atoms with Crippen molar-refractivity contribution < 1.29 is 4.79 Å². The van der Waals surface area contributed by atoms with Gasteiger partial charge in [-0.25, -0.2) is 0 Å². The number of nitrogens with zero attached hydrogens (tertiary/aromatic N) is 1. The van der Waals surface area contributed by atoms with Crippen LogP contribution in [0.15, 0.2) is 22.7 Å². The smallest absolute Gasteiger partial charge is 0.222 e. The summed E-state index contributed by atoms with van der Waals surface area (Å²) in [6.07, 6.45) is 0.853. The Morgan fingerprint density at radius 1 is 1.58 bits per heavy atom. The molecule has 0 aliphatic carbocycles. The van der Waals surface area contributed by atoms with E-state index in [2.05, 4.69) is 51.3 Å². The van der Waals surface area contributed by atoms with Crippen LogP contribution < -0.4 is 16.0 Å². The zero-order valence-electron chi connectivity index (χ0n) is 11.2. The van der Waals surface area contributed by atoms with Gasteiger partial charge in [0.15, 0.2) is 0 Å². The molecular weight excluding hydrogens is 306 g/mol. The molecule has 1 aromatic carbocycles. The van der Waals surface area contributed by atoms with E-state index in [1.54, 1.807) is 0 Å². The van der Waals surface area contributed by atoms with E-state index in [-0.39, 0.29) is 11.8 Å². The number of hydrogen-bond donors (Lipinski definition) is 2. The normalized spacial score (nSPS) is 18.8. The Morgan fingerprint density at radius 3 is 2.95 bits per heavy atom. The number of nitrogens with two attached hydrogens (primary N) is 1. The summed E-state index contributed by atoms with van der Waals surface area (Å²) in [7, 11) is 0. The Balaban J connectivity index is 2.06. The summed E-state index contributed by atoms with van der Waals surface area (Å²) in [4.78, 5) is 13.4. The molecule has 1 aromatic rings. The molecule has 4 nitrogen and oxygen atoms in total. The minimum atomic E-state index is -0.190. The first-order valence-electron chi connectivity index (χ1n) is 6.65. The molecule has 1 saturated heterocycles. The molecule has 19 heavy (non-hydrogen) atoms. The fourth-order valence-electron chi connectivity index (χ4n) is 2.36. The van der Waals surface area contributed by atoms with Gasteiger partial charge in [0.1, 0.15) is 0 Å². The molecule has 2 rings (SSSR count). The van der Waals surface area contributed by atoms with Crippen LogP contribution in [0, 0.1) is 5.92 Å². The molecule has 0 spiro atoms. The summed E-state index contributed by atoms with van der Waals surface area (Å²) >= 11 is 3.61. The number of nitrogens with one attached hydrogen (secondary N) is 1. The highest BCUT2D eigenvalue weighted by Crippen LogP contribution is 2.28. The zero-order chi connectivity index (χ0) is 13.8. The van der Waals surface area contributed by atoms with Crippen molar-refractivity contribution in [2.75, 3.05) is 24.5 Å². The molecule has 1 atom stereocenters. The number of amides is 1. The molecule has 1 fully saturated rings. The third-order valence-electron chi connectivity index (χ3n) is 3.56. The van der Waals surface area contributed by atoms with Crippen LogP contribution in [0.1, 0.15) is 18.9 Å². The summed E-state index contributed by atoms with van der Waals surface area (Å²) < 4.78 is 1.11. The molecule has 104 valence electrons. The molecule has 3 N–H and O–H groups in total. The highest BCUT2D eigenvalue weighted by Gasteiger charge is 2.26. The summed E-state index contributed by atoms with van der Waals surface area (Å²) in [6.45, 7) is 5.54. The van der Waals surface area contributed by atoms with Gasteiger partial charge in [-0.3, -0.25) is 4.79 Å². The molecule has 1 unspecified atom stereocenters. The topological polar surface area (TPSA) is 58.4 Å². The Kier molecular flexibility index (Phi) is 4.82. The number of hydrogen-bond acceptors (Lipinski definition) is 3. The van der Waals surface area contributed by atoms with Gasteiger partial charge in [-0.2, -0.15) is 0 Å². The molecular formula is C14H20BrN3O. The molecule has 1 heterocycles. The van der Waals surface area contributed by atoms with Crippen LogP contribution in [0.2, 0.25) is 0 Å². The maximum absolute atomic E-state index is 11.2. The number of primary amides is 1. The van der Waals surface area contributed by atoms with E-state index >= 15 is 0 Å². The fourth-order valence-corrected chi connectivity index (χ4v) is 2.87. The van der Waals surface area contributed by atoms with Gasteiger partial charge in [-0.1, -0.05) is 28.9 Å². The minimum absolute atomic E-state index is 0.0137. The number of anilines is 1. The second kappa shape index (κ2) is 6.39. The van der Waals surface area contributed by atoms with E-state index in [4.69, 9.17) is 5.73 Å². The zero-order valence-corrected chi connectivity index (χ0v) is 12.7. The Morgan fingerprint density at radius 2 is 2.37 bits per heavy atom. The van der Waals surface area contributed by atoms with Crippen LogP contribution in [0.3, 0.4) is 0 Å². The highest BCUT2D eigenvalue weighted by molar-refractivity contribution is 9.10. The van der Waals surface area contributed by atoms with Crippen LogP contribution in [0.4, 0.5) is 5.69 Å². The number of carbonyl (C=O) groups excluding carboxylic acids is 1. The molecule has 0 aromatic heterocycles. The van der Waals surface area contributed by atoms with Crippen molar-refractivity contribution in [1.29, 1.82) is 0 Å². The van der Waals surface area contributed by atoms with Crippen molar-refractivity contribution >= 4 is 27.5 Å². The van der Waals surface area contributed by atoms with Crippen LogP contribution in [0.25, 0.3) is 0 Å². The fraction of sp³-hybridized carbons (Fsp3) is 0.500. The third kappa shape index (κ3) is 3.48. The maximum Gasteiger partial charge on any atom is 0.222 e. The quantitative estimate of drug-likeness (QED) is 0.868. The van der Waals surface area contributed by atoms with Gasteiger partial charge in [-0.05, 0) is 30.7 Å². The Bertz CT molecular complexity index is 464. The van der Waals surface area contributed by atoms with Crippen LogP contribution in [-0.4, -0.2) is 25.5 Å². The van der Waals surface area contributed by atoms with Crippen molar-refractivity contribution in [1.82, 2.24) is 5.32 Å². The number of halogens is 1. The van der Waals surface area contributed by atoms with Gasteiger partial charge in [0, 0.05) is 29.8 Å². The van der Waals surface area contributed by atoms with Crippen LogP contribution >= 0.6 is 15.9 Å². The van der Waals surface area contributed by atoms with Crippen molar-refractivity contribution in [3.05, 3.63) is 28.2 Å². The van der Waals surface area contributed by atoms with Gasteiger partial charge in [0.05, 0.1) is 5.92 Å². The molecule has 1 amide bonds. The standard InChI is InChI=1S/C14H20BrN3O/c1-2-17-8-10-3-4-12(7-13(10)15)18-6-5-11(9-18)14(16)19/h3-4,7,11,17H,2,5-6,8-9H2,1H3,(H2,16,19). The van der Waals surface area contributed by atoms with Crippen LogP contribution in [-0.2, 0) is 11.3 Å². The average molecular weight is 326 g/mol. The van der Waals surface area contributed by atoms with Gasteiger partial charge in [0.2, 0.25) is 5.91 Å². The molecule has 0 radical (unpaired) electrons. The highest BCUT2D eigenvalue weighted by atomic mass is 79.9. The lowest BCUT2D eigenvalue weighted by atomic mass is 10.1. The summed E-state index contributed by atoms with van der Waals surface area (Å²) in [6, 6.07) is 6.36. The third-order valence-corrected chi connectivity index (χ3v) is 4.30. The van der Waals surface area contributed by atoms with E-state index in [9.17, 15) is 4.79 Å². The van der Waals surface area contributed by atoms with Crippen molar-refractivity contribution in [3.63, 3.8) is 0 Å². The number of rotatable bonds is 5. The predicted molar refractivity (Wildman–Crippen MR) is 81.0 cm³/mol. The van der Waals surface area contributed by atoms with Crippen molar-refractivity contribution in [2.45, 2.75) is 19.9 Å². The lowest BCUT2D eigenvalue weighted by Gasteiger charge is -2.19. The number of benzene rings is 1. The average Bonchev–Trinajstić information content (AvgIpc) is 2.87. The Labute approximate surface area is 122 Å². The molecule has 1 aliphatic heterocycles. The summed E-state index contributed by atoms with van der Waals surface area (Å²) in [5.74, 6) is -0.203. The Hall–Kier alpha value is -1.07. The lowest BCUT2D eigenvalue weighted by molar-refractivity contribution is -0.121. The van der Waals surface area contributed by atoms with Crippen LogP contribution in [0.5, 0.6) is 0 Å². The van der Waals surface area contributed by atoms with E-state index < -0.39 is 0 Å². The first kappa shape index (κ1) is 14.3. The van der Waals surface area contributed by atoms with E-state index in [1.165, 1.54) is 5.56 Å². The molecule has 0 bridgehead atoms. The monoisotopic (exact) mass is 325 g/mol. The van der Waals surface area contributed by atoms with E-state index in [0.29, 0.717) is 0 Å². The number of carbonyl (C=O) groups is 1. The van der Waals surface area contributed by atoms with Gasteiger partial charge >= 0.3 is 0 Å². The lowest BCUT2D eigenvalue weighted by Crippen LogP contribution is -2.27. The predicted octanol–water partition coefficient (Wildman–Crippen LogP) is 1.87. The minimum Gasteiger partial charge on any atom is -0.371 e. The van der Waals surface area contributed by atoms with E-state index in [0.717, 1.165) is 42.8 Å². The first-order chi connectivity index (χ1) is 9.11. The summed E-state index contributed by atoms with van der Waals surface area (Å²) in [5.41, 5.74) is 7.76. The second-order valence-corrected chi connectivity index (χ2v) is 5.74. The first-order valence-corrected chi connectivity index (χ1v) is 7.44. The van der Waals surface area contributed by atoms with Crippen molar-refractivity contribution in [2.24, 2.45) is 11.7 Å². The second-order valence-electron chi connectivity index (χ2n) is 4.89. The van der Waals surface area contributed by atoms with Crippen molar-refractivity contribution in [3.8, 4) is 0 Å². The summed E-state index contributed by atoms with van der Waals surface area (Å²) in [5, 5.41) is 3.31. The van der Waals surface area contributed by atoms with Gasteiger partial charge in [-0.15, -0.1) is 0 Å². The largest absolute Gasteiger partial charge is 0.371 e.